The molecule has 8 nitrogen and oxygen atoms in total. The van der Waals surface area contributed by atoms with E-state index in [0.717, 1.165) is 19.0 Å². The van der Waals surface area contributed by atoms with Gasteiger partial charge in [-0.2, -0.15) is 18.3 Å². The van der Waals surface area contributed by atoms with Gasteiger partial charge >= 0.3 is 6.18 Å². The number of hydrogen-bond acceptors (Lipinski definition) is 6. The van der Waals surface area contributed by atoms with Gasteiger partial charge in [0.25, 0.3) is 5.56 Å². The highest BCUT2D eigenvalue weighted by atomic mass is 19.4. The molecule has 1 N–H and O–H groups in total. The third-order valence-electron chi connectivity index (χ3n) is 6.36. The Hall–Kier alpha value is -3.02. The van der Waals surface area contributed by atoms with E-state index >= 15 is 0 Å². The average molecular weight is 482 g/mol. The lowest BCUT2D eigenvalue weighted by Crippen LogP contribution is -2.49. The van der Waals surface area contributed by atoms with Crippen molar-refractivity contribution < 1.29 is 22.4 Å². The number of carbonyl (C=O) groups excluding carboxylic acids is 1. The third-order valence-corrected chi connectivity index (χ3v) is 6.36. The van der Waals surface area contributed by atoms with Crippen molar-refractivity contribution >= 4 is 11.7 Å². The largest absolute Gasteiger partial charge is 0.421 e. The van der Waals surface area contributed by atoms with Crippen molar-refractivity contribution in [2.75, 3.05) is 50.7 Å². The van der Waals surface area contributed by atoms with Crippen LogP contribution in [0, 0.1) is 5.82 Å². The predicted octanol–water partition coefficient (Wildman–Crippen LogP) is 2.24. The number of rotatable bonds is 5. The number of nitrogens with zero attached hydrogens (tertiary/aromatic N) is 5. The lowest BCUT2D eigenvalue weighted by atomic mass is 9.93. The lowest BCUT2D eigenvalue weighted by molar-refractivity contribution is -0.139. The first kappa shape index (κ1) is 24.1. The molecule has 1 atom stereocenters. The molecule has 0 radical (unpaired) electrons. The second kappa shape index (κ2) is 10.1. The first-order chi connectivity index (χ1) is 16.2. The summed E-state index contributed by atoms with van der Waals surface area (Å²) in [5.74, 6) is 0.0657. The zero-order valence-corrected chi connectivity index (χ0v) is 18.5. The molecule has 184 valence electrons. The number of piperidine rings is 1. The normalized spacial score (nSPS) is 19.9. The molecule has 2 aliphatic heterocycles. The van der Waals surface area contributed by atoms with Gasteiger partial charge in [-0.25, -0.2) is 14.5 Å². The van der Waals surface area contributed by atoms with E-state index < -0.39 is 23.1 Å². The molecule has 0 saturated carbocycles. The second-order valence-electron chi connectivity index (χ2n) is 8.63. The van der Waals surface area contributed by atoms with E-state index in [-0.39, 0.29) is 17.5 Å². The molecule has 4 rings (SSSR count). The van der Waals surface area contributed by atoms with Gasteiger partial charge in [-0.05, 0) is 37.6 Å². The maximum absolute atomic E-state index is 13.1. The van der Waals surface area contributed by atoms with E-state index in [1.807, 2.05) is 10.00 Å². The summed E-state index contributed by atoms with van der Waals surface area (Å²) in [7, 11) is 0. The number of likely N-dealkylation sites (tertiary alicyclic amines) is 1. The Balaban J connectivity index is 1.27. The van der Waals surface area contributed by atoms with Gasteiger partial charge in [0.15, 0.2) is 0 Å². The van der Waals surface area contributed by atoms with Crippen LogP contribution in [0.15, 0.2) is 29.2 Å². The minimum Gasteiger partial charge on any atom is -0.353 e. The number of amides is 1. The van der Waals surface area contributed by atoms with E-state index in [0.29, 0.717) is 57.9 Å². The molecule has 0 aliphatic carbocycles. The molecule has 0 spiro atoms. The standard InChI is InChI=1S/C22H26F4N6O2/c23-16-3-4-19(27-13-16)31-8-10-32(11-9-31)20(33)5-7-30-6-1-2-15(14-30)18-12-17(22(24,25)26)21(34)29-28-18/h3-4,12-13,15H,1-2,5-11,14H2,(H,29,34). The van der Waals surface area contributed by atoms with Crippen molar-refractivity contribution in [3.05, 3.63) is 51.8 Å². The van der Waals surface area contributed by atoms with E-state index in [4.69, 9.17) is 0 Å². The van der Waals surface area contributed by atoms with Gasteiger partial charge in [0.2, 0.25) is 5.91 Å². The number of halogens is 4. The highest BCUT2D eigenvalue weighted by molar-refractivity contribution is 5.76. The zero-order valence-electron chi connectivity index (χ0n) is 18.5. The number of aromatic amines is 1. The summed E-state index contributed by atoms with van der Waals surface area (Å²) in [6.07, 6.45) is -1.81. The molecule has 2 fully saturated rings. The number of piperazine rings is 1. The number of anilines is 1. The van der Waals surface area contributed by atoms with Crippen LogP contribution < -0.4 is 10.5 Å². The Bertz CT molecular complexity index is 1050. The first-order valence-electron chi connectivity index (χ1n) is 11.2. The SMILES string of the molecule is O=C(CCN1CCCC(c2cc(C(F)(F)F)c(=O)[nH]n2)C1)N1CCN(c2ccc(F)cn2)CC1. The minimum atomic E-state index is -4.73. The summed E-state index contributed by atoms with van der Waals surface area (Å²) in [6, 6.07) is 3.82. The Morgan fingerprint density at radius 3 is 2.59 bits per heavy atom. The van der Waals surface area contributed by atoms with Crippen molar-refractivity contribution in [2.24, 2.45) is 0 Å². The van der Waals surface area contributed by atoms with Crippen LogP contribution in [0.1, 0.15) is 36.4 Å². The lowest BCUT2D eigenvalue weighted by Gasteiger charge is -2.36. The highest BCUT2D eigenvalue weighted by Crippen LogP contribution is 2.30. The van der Waals surface area contributed by atoms with Crippen LogP contribution in [0.25, 0.3) is 0 Å². The number of carbonyl (C=O) groups is 1. The third kappa shape index (κ3) is 5.72. The monoisotopic (exact) mass is 482 g/mol. The Labute approximate surface area is 193 Å². The maximum Gasteiger partial charge on any atom is 0.421 e. The fourth-order valence-electron chi connectivity index (χ4n) is 4.49. The van der Waals surface area contributed by atoms with Crippen LogP contribution in [0.2, 0.25) is 0 Å². The quantitative estimate of drug-likeness (QED) is 0.658. The Morgan fingerprint density at radius 1 is 1.15 bits per heavy atom. The van der Waals surface area contributed by atoms with Crippen LogP contribution in [-0.2, 0) is 11.0 Å². The molecular formula is C22H26F4N6O2. The molecule has 2 aromatic rings. The molecule has 1 amide bonds. The van der Waals surface area contributed by atoms with E-state index in [1.54, 1.807) is 11.0 Å². The molecule has 34 heavy (non-hydrogen) atoms. The number of aromatic nitrogens is 3. The fourth-order valence-corrected chi connectivity index (χ4v) is 4.49. The summed E-state index contributed by atoms with van der Waals surface area (Å²) in [4.78, 5) is 34.1. The van der Waals surface area contributed by atoms with E-state index in [2.05, 4.69) is 15.0 Å². The van der Waals surface area contributed by atoms with Gasteiger partial charge < -0.3 is 14.7 Å². The van der Waals surface area contributed by atoms with E-state index in [9.17, 15) is 27.2 Å². The van der Waals surface area contributed by atoms with Gasteiger partial charge in [0.05, 0.1) is 11.9 Å². The van der Waals surface area contributed by atoms with Gasteiger partial charge in [-0.3, -0.25) is 9.59 Å². The van der Waals surface area contributed by atoms with Gasteiger partial charge in [-0.15, -0.1) is 0 Å². The topological polar surface area (TPSA) is 85.4 Å². The second-order valence-corrected chi connectivity index (χ2v) is 8.63. The molecule has 2 saturated heterocycles. The Kier molecular flexibility index (Phi) is 7.15. The van der Waals surface area contributed by atoms with Crippen LogP contribution in [-0.4, -0.2) is 76.7 Å². The molecule has 2 aliphatic rings. The number of nitrogens with one attached hydrogen (secondary N) is 1. The number of alkyl halides is 3. The molecule has 12 heteroatoms. The maximum atomic E-state index is 13.1. The van der Waals surface area contributed by atoms with Crippen molar-refractivity contribution in [3.63, 3.8) is 0 Å². The summed E-state index contributed by atoms with van der Waals surface area (Å²) in [5, 5.41) is 5.81. The van der Waals surface area contributed by atoms with Crippen LogP contribution in [0.5, 0.6) is 0 Å². The van der Waals surface area contributed by atoms with Crippen LogP contribution in [0.3, 0.4) is 0 Å². The van der Waals surface area contributed by atoms with Gasteiger partial charge in [0.1, 0.15) is 17.2 Å². The van der Waals surface area contributed by atoms with Crippen molar-refractivity contribution in [2.45, 2.75) is 31.4 Å². The van der Waals surface area contributed by atoms with Gasteiger partial charge in [0, 0.05) is 51.6 Å². The molecule has 1 unspecified atom stereocenters. The van der Waals surface area contributed by atoms with E-state index in [1.165, 1.54) is 12.3 Å². The fraction of sp³-hybridized carbons (Fsp3) is 0.545. The van der Waals surface area contributed by atoms with Gasteiger partial charge in [-0.1, -0.05) is 0 Å². The predicted molar refractivity (Wildman–Crippen MR) is 116 cm³/mol. The summed E-state index contributed by atoms with van der Waals surface area (Å²) < 4.78 is 52.3. The zero-order chi connectivity index (χ0) is 24.3. The first-order valence-corrected chi connectivity index (χ1v) is 11.2. The average Bonchev–Trinajstić information content (AvgIpc) is 2.83. The van der Waals surface area contributed by atoms with Crippen molar-refractivity contribution in [3.8, 4) is 0 Å². The number of hydrogen-bond donors (Lipinski definition) is 1. The number of pyridine rings is 1. The summed E-state index contributed by atoms with van der Waals surface area (Å²) in [6.45, 7) is 4.04. The number of H-pyrrole nitrogens is 1. The molecule has 0 aromatic carbocycles. The summed E-state index contributed by atoms with van der Waals surface area (Å²) >= 11 is 0. The van der Waals surface area contributed by atoms with Crippen molar-refractivity contribution in [1.82, 2.24) is 25.0 Å². The molecule has 4 heterocycles. The van der Waals surface area contributed by atoms with Crippen LogP contribution >= 0.6 is 0 Å². The molecule has 0 bridgehead atoms. The highest BCUT2D eigenvalue weighted by Gasteiger charge is 2.35. The molecular weight excluding hydrogens is 456 g/mol. The summed E-state index contributed by atoms with van der Waals surface area (Å²) in [5.41, 5.74) is -2.27. The molecule has 2 aromatic heterocycles. The van der Waals surface area contributed by atoms with Crippen LogP contribution in [0.4, 0.5) is 23.4 Å². The smallest absolute Gasteiger partial charge is 0.353 e. The minimum absolute atomic E-state index is 0.0235. The Morgan fingerprint density at radius 2 is 1.91 bits per heavy atom. The van der Waals surface area contributed by atoms with Crippen molar-refractivity contribution in [1.29, 1.82) is 0 Å².